The Hall–Kier alpha value is -0.650. The fourth-order valence-corrected chi connectivity index (χ4v) is 2.34. The van der Waals surface area contributed by atoms with Gasteiger partial charge >= 0.3 is 5.97 Å². The van der Waals surface area contributed by atoms with Gasteiger partial charge in [-0.1, -0.05) is 6.92 Å². The molecule has 0 amide bonds. The van der Waals surface area contributed by atoms with Crippen molar-refractivity contribution in [3.05, 3.63) is 0 Å². The van der Waals surface area contributed by atoms with Gasteiger partial charge in [0.15, 0.2) is 6.10 Å². The van der Waals surface area contributed by atoms with Gasteiger partial charge in [0.05, 0.1) is 0 Å². The first-order valence-electron chi connectivity index (χ1n) is 6.39. The Morgan fingerprint density at radius 1 is 1.47 bits per heavy atom. The van der Waals surface area contributed by atoms with E-state index in [2.05, 4.69) is 23.6 Å². The fraction of sp³-hybridized carbons (Fsp3) is 0.917. The predicted octanol–water partition coefficient (Wildman–Crippen LogP) is 0.502. The van der Waals surface area contributed by atoms with Crippen LogP contribution in [0.4, 0.5) is 0 Å². The van der Waals surface area contributed by atoms with E-state index in [0.29, 0.717) is 19.2 Å². The van der Waals surface area contributed by atoms with Gasteiger partial charge in [0, 0.05) is 38.8 Å². The third kappa shape index (κ3) is 4.26. The molecule has 1 rings (SSSR count). The number of nitrogens with zero attached hydrogens (tertiary/aromatic N) is 2. The van der Waals surface area contributed by atoms with E-state index in [-0.39, 0.29) is 0 Å². The number of ether oxygens (including phenoxy) is 1. The monoisotopic (exact) mass is 244 g/mol. The molecule has 0 aromatic carbocycles. The molecule has 100 valence electrons. The van der Waals surface area contributed by atoms with E-state index in [1.54, 1.807) is 0 Å². The molecule has 0 radical (unpaired) electrons. The third-order valence-electron chi connectivity index (χ3n) is 3.32. The van der Waals surface area contributed by atoms with Crippen LogP contribution in [0.15, 0.2) is 0 Å². The number of piperazine rings is 1. The molecular weight excluding hydrogens is 220 g/mol. The summed E-state index contributed by atoms with van der Waals surface area (Å²) in [6.45, 7) is 11.0. The highest BCUT2D eigenvalue weighted by atomic mass is 16.5. The van der Waals surface area contributed by atoms with Crippen molar-refractivity contribution in [1.82, 2.24) is 9.80 Å². The van der Waals surface area contributed by atoms with E-state index in [1.165, 1.54) is 0 Å². The lowest BCUT2D eigenvalue weighted by Crippen LogP contribution is -2.54. The molecule has 1 heterocycles. The van der Waals surface area contributed by atoms with Crippen molar-refractivity contribution in [2.75, 3.05) is 39.3 Å². The number of likely N-dealkylation sites (N-methyl/N-ethyl adjacent to an activating group) is 1. The lowest BCUT2D eigenvalue weighted by Gasteiger charge is -2.40. The Kier molecular flexibility index (Phi) is 5.88. The molecule has 1 aliphatic heterocycles. The normalized spacial score (nSPS) is 24.8. The van der Waals surface area contributed by atoms with Crippen molar-refractivity contribution in [3.63, 3.8) is 0 Å². The fourth-order valence-electron chi connectivity index (χ4n) is 2.34. The van der Waals surface area contributed by atoms with Crippen molar-refractivity contribution < 1.29 is 14.6 Å². The first-order valence-corrected chi connectivity index (χ1v) is 6.39. The van der Waals surface area contributed by atoms with Crippen molar-refractivity contribution in [2.24, 2.45) is 0 Å². The SMILES string of the molecule is CCOC(CN1CCN(CC)C(C)C1)C(=O)O. The molecule has 0 bridgehead atoms. The van der Waals surface area contributed by atoms with Crippen molar-refractivity contribution in [2.45, 2.75) is 32.9 Å². The van der Waals surface area contributed by atoms with Crippen LogP contribution >= 0.6 is 0 Å². The van der Waals surface area contributed by atoms with E-state index in [1.807, 2.05) is 6.92 Å². The molecule has 0 aromatic heterocycles. The topological polar surface area (TPSA) is 53.0 Å². The number of carbonyl (C=O) groups is 1. The van der Waals surface area contributed by atoms with Gasteiger partial charge in [-0.15, -0.1) is 0 Å². The highest BCUT2D eigenvalue weighted by Gasteiger charge is 2.27. The van der Waals surface area contributed by atoms with Crippen LogP contribution in [0.3, 0.4) is 0 Å². The summed E-state index contributed by atoms with van der Waals surface area (Å²) in [5.74, 6) is -0.863. The summed E-state index contributed by atoms with van der Waals surface area (Å²) in [4.78, 5) is 15.6. The summed E-state index contributed by atoms with van der Waals surface area (Å²) >= 11 is 0. The Morgan fingerprint density at radius 2 is 2.18 bits per heavy atom. The van der Waals surface area contributed by atoms with Gasteiger partial charge in [0.1, 0.15) is 0 Å². The summed E-state index contributed by atoms with van der Waals surface area (Å²) in [5.41, 5.74) is 0. The third-order valence-corrected chi connectivity index (χ3v) is 3.32. The quantitative estimate of drug-likeness (QED) is 0.737. The molecule has 5 heteroatoms. The van der Waals surface area contributed by atoms with E-state index in [4.69, 9.17) is 9.84 Å². The number of hydrogen-bond donors (Lipinski definition) is 1. The molecule has 2 unspecified atom stereocenters. The van der Waals surface area contributed by atoms with Crippen LogP contribution < -0.4 is 0 Å². The first kappa shape index (κ1) is 14.4. The number of hydrogen-bond acceptors (Lipinski definition) is 4. The number of rotatable bonds is 6. The predicted molar refractivity (Wildman–Crippen MR) is 66.2 cm³/mol. The lowest BCUT2D eigenvalue weighted by molar-refractivity contribution is -0.151. The molecule has 1 fully saturated rings. The average Bonchev–Trinajstić information content (AvgIpc) is 2.28. The van der Waals surface area contributed by atoms with Crippen LogP contribution in [-0.2, 0) is 9.53 Å². The van der Waals surface area contributed by atoms with Gasteiger partial charge in [-0.2, -0.15) is 0 Å². The molecule has 17 heavy (non-hydrogen) atoms. The molecule has 0 aliphatic carbocycles. The van der Waals surface area contributed by atoms with Crippen LogP contribution in [0.5, 0.6) is 0 Å². The van der Waals surface area contributed by atoms with Gasteiger partial charge in [0.2, 0.25) is 0 Å². The summed E-state index contributed by atoms with van der Waals surface area (Å²) in [6, 6.07) is 0.491. The number of aliphatic carboxylic acids is 1. The largest absolute Gasteiger partial charge is 0.479 e. The zero-order chi connectivity index (χ0) is 12.8. The van der Waals surface area contributed by atoms with Gasteiger partial charge in [-0.25, -0.2) is 4.79 Å². The lowest BCUT2D eigenvalue weighted by atomic mass is 10.2. The second kappa shape index (κ2) is 6.93. The zero-order valence-electron chi connectivity index (χ0n) is 11.1. The molecule has 5 nitrogen and oxygen atoms in total. The maximum Gasteiger partial charge on any atom is 0.334 e. The van der Waals surface area contributed by atoms with Gasteiger partial charge < -0.3 is 9.84 Å². The number of carboxylic acid groups (broad SMARTS) is 1. The summed E-state index contributed by atoms with van der Waals surface area (Å²) in [7, 11) is 0. The number of carboxylic acids is 1. The van der Waals surface area contributed by atoms with Crippen molar-refractivity contribution >= 4 is 5.97 Å². The molecule has 0 saturated carbocycles. The van der Waals surface area contributed by atoms with E-state index < -0.39 is 12.1 Å². The van der Waals surface area contributed by atoms with Gasteiger partial charge in [-0.3, -0.25) is 9.80 Å². The van der Waals surface area contributed by atoms with Gasteiger partial charge in [0.25, 0.3) is 0 Å². The molecule has 0 spiro atoms. The minimum absolute atomic E-state index is 0.446. The summed E-state index contributed by atoms with van der Waals surface area (Å²) in [6.07, 6.45) is -0.694. The second-order valence-electron chi connectivity index (χ2n) is 4.52. The van der Waals surface area contributed by atoms with Crippen molar-refractivity contribution in [1.29, 1.82) is 0 Å². The maximum absolute atomic E-state index is 11.0. The van der Waals surface area contributed by atoms with Crippen LogP contribution in [0.1, 0.15) is 20.8 Å². The van der Waals surface area contributed by atoms with E-state index in [0.717, 1.165) is 26.2 Å². The van der Waals surface area contributed by atoms with E-state index >= 15 is 0 Å². The molecule has 0 aromatic rings. The minimum atomic E-state index is -0.863. The molecular formula is C12H24N2O3. The highest BCUT2D eigenvalue weighted by molar-refractivity contribution is 5.72. The Bertz CT molecular complexity index is 248. The molecule has 2 atom stereocenters. The smallest absolute Gasteiger partial charge is 0.334 e. The maximum atomic E-state index is 11.0. The van der Waals surface area contributed by atoms with Crippen LogP contribution in [0, 0.1) is 0 Å². The van der Waals surface area contributed by atoms with Crippen LogP contribution in [0.25, 0.3) is 0 Å². The van der Waals surface area contributed by atoms with E-state index in [9.17, 15) is 4.79 Å². The van der Waals surface area contributed by atoms with Crippen molar-refractivity contribution in [3.8, 4) is 0 Å². The second-order valence-corrected chi connectivity index (χ2v) is 4.52. The first-order chi connectivity index (χ1) is 8.08. The van der Waals surface area contributed by atoms with Crippen LogP contribution in [0.2, 0.25) is 0 Å². The van der Waals surface area contributed by atoms with Crippen LogP contribution in [-0.4, -0.2) is 72.4 Å². The highest BCUT2D eigenvalue weighted by Crippen LogP contribution is 2.10. The Balaban J connectivity index is 2.44. The molecule has 1 aliphatic rings. The standard InChI is InChI=1S/C12H24N2O3/c1-4-14-7-6-13(8-10(14)3)9-11(12(15)16)17-5-2/h10-11H,4-9H2,1-3H3,(H,15,16). The average molecular weight is 244 g/mol. The Labute approximate surface area is 103 Å². The van der Waals surface area contributed by atoms with Gasteiger partial charge in [-0.05, 0) is 20.4 Å². The molecule has 1 N–H and O–H groups in total. The zero-order valence-corrected chi connectivity index (χ0v) is 11.1. The summed E-state index contributed by atoms with van der Waals surface area (Å²) < 4.78 is 5.24. The minimum Gasteiger partial charge on any atom is -0.479 e. The Morgan fingerprint density at radius 3 is 2.65 bits per heavy atom. The molecule has 1 saturated heterocycles. The summed E-state index contributed by atoms with van der Waals surface area (Å²) in [5, 5.41) is 9.04.